The number of rotatable bonds is 5. The van der Waals surface area contributed by atoms with Gasteiger partial charge in [0.2, 0.25) is 0 Å². The van der Waals surface area contributed by atoms with E-state index in [1.165, 1.54) is 12.1 Å². The van der Waals surface area contributed by atoms with Crippen LogP contribution in [0.5, 0.6) is 0 Å². The van der Waals surface area contributed by atoms with Gasteiger partial charge in [-0.2, -0.15) is 0 Å². The molecule has 0 radical (unpaired) electrons. The van der Waals surface area contributed by atoms with Crippen LogP contribution in [-0.4, -0.2) is 19.0 Å². The smallest absolute Gasteiger partial charge is 0.129 e. The third-order valence-corrected chi connectivity index (χ3v) is 2.05. The van der Waals surface area contributed by atoms with Crippen LogP contribution in [0.15, 0.2) is 18.2 Å². The van der Waals surface area contributed by atoms with Crippen LogP contribution in [0.3, 0.4) is 0 Å². The molecule has 1 aromatic rings. The number of alkyl halides is 1. The fourth-order valence-electron chi connectivity index (χ4n) is 1.14. The minimum absolute atomic E-state index is 0.488. The van der Waals surface area contributed by atoms with Crippen LogP contribution in [0.4, 0.5) is 8.78 Å². The molecule has 0 aliphatic rings. The molecule has 1 nitrogen and oxygen atoms in total. The molecule has 4 heteroatoms. The van der Waals surface area contributed by atoms with Crippen molar-refractivity contribution in [2.24, 2.45) is 0 Å². The van der Waals surface area contributed by atoms with Crippen LogP contribution in [0.1, 0.15) is 5.56 Å². The number of hydrogen-bond acceptors (Lipinski definition) is 1. The fraction of sp³-hybridized carbons (Fsp3) is 0.400. The summed E-state index contributed by atoms with van der Waals surface area (Å²) in [5.74, 6) is -0.496. The van der Waals surface area contributed by atoms with Crippen molar-refractivity contribution in [3.63, 3.8) is 0 Å². The highest BCUT2D eigenvalue weighted by Gasteiger charge is 2.02. The second-order valence-electron chi connectivity index (χ2n) is 2.92. The predicted molar refractivity (Wildman–Crippen MR) is 53.7 cm³/mol. The first-order chi connectivity index (χ1) is 6.74. The Morgan fingerprint density at radius 1 is 1.21 bits per heavy atom. The average Bonchev–Trinajstić information content (AvgIpc) is 2.15. The molecule has 14 heavy (non-hydrogen) atoms. The number of benzene rings is 1. The molecule has 0 saturated carbocycles. The maximum absolute atomic E-state index is 13.1. The normalized spacial score (nSPS) is 10.5. The van der Waals surface area contributed by atoms with Crippen molar-refractivity contribution in [1.82, 2.24) is 5.32 Å². The maximum atomic E-state index is 13.1. The lowest BCUT2D eigenvalue weighted by molar-refractivity contribution is 0.568. The molecule has 0 bridgehead atoms. The molecule has 0 spiro atoms. The van der Waals surface area contributed by atoms with Gasteiger partial charge in [-0.3, -0.25) is 0 Å². The van der Waals surface area contributed by atoms with Crippen molar-refractivity contribution in [1.29, 1.82) is 0 Å². The number of halogens is 3. The molecule has 0 unspecified atom stereocenters. The Balaban J connectivity index is 2.42. The fourth-order valence-corrected chi connectivity index (χ4v) is 1.27. The van der Waals surface area contributed by atoms with E-state index in [1.807, 2.05) is 0 Å². The van der Waals surface area contributed by atoms with Crippen LogP contribution in [0, 0.1) is 11.6 Å². The summed E-state index contributed by atoms with van der Waals surface area (Å²) in [7, 11) is 0. The van der Waals surface area contributed by atoms with E-state index in [9.17, 15) is 8.78 Å². The molecule has 0 fully saturated rings. The molecular formula is C10H12ClF2N. The SMILES string of the molecule is Fc1ccc(CCNCCCl)c(F)c1. The summed E-state index contributed by atoms with van der Waals surface area (Å²) in [6, 6.07) is 3.63. The van der Waals surface area contributed by atoms with Crippen LogP contribution in [0.25, 0.3) is 0 Å². The summed E-state index contributed by atoms with van der Waals surface area (Å²) in [6.07, 6.45) is 0.545. The number of nitrogens with one attached hydrogen (secondary N) is 1. The lowest BCUT2D eigenvalue weighted by atomic mass is 10.1. The predicted octanol–water partition coefficient (Wildman–Crippen LogP) is 2.34. The summed E-state index contributed by atoms with van der Waals surface area (Å²) in [4.78, 5) is 0. The molecular weight excluding hydrogens is 208 g/mol. The highest BCUT2D eigenvalue weighted by molar-refractivity contribution is 6.18. The van der Waals surface area contributed by atoms with E-state index in [-0.39, 0.29) is 0 Å². The van der Waals surface area contributed by atoms with E-state index in [0.29, 0.717) is 31.0 Å². The first-order valence-electron chi connectivity index (χ1n) is 4.44. The van der Waals surface area contributed by atoms with Gasteiger partial charge in [0, 0.05) is 18.5 Å². The first-order valence-corrected chi connectivity index (χ1v) is 4.98. The van der Waals surface area contributed by atoms with Gasteiger partial charge in [0.15, 0.2) is 0 Å². The second kappa shape index (κ2) is 5.94. The summed E-state index contributed by atoms with van der Waals surface area (Å²) in [5, 5.41) is 3.03. The molecule has 0 aliphatic carbocycles. The monoisotopic (exact) mass is 219 g/mol. The van der Waals surface area contributed by atoms with E-state index in [0.717, 1.165) is 6.07 Å². The first kappa shape index (κ1) is 11.4. The zero-order chi connectivity index (χ0) is 10.4. The third kappa shape index (κ3) is 3.60. The largest absolute Gasteiger partial charge is 0.315 e. The highest BCUT2D eigenvalue weighted by atomic mass is 35.5. The zero-order valence-corrected chi connectivity index (χ0v) is 8.45. The van der Waals surface area contributed by atoms with E-state index < -0.39 is 11.6 Å². The van der Waals surface area contributed by atoms with Gasteiger partial charge in [-0.25, -0.2) is 8.78 Å². The van der Waals surface area contributed by atoms with E-state index in [4.69, 9.17) is 11.6 Å². The maximum Gasteiger partial charge on any atom is 0.129 e. The molecule has 0 amide bonds. The molecule has 1 rings (SSSR count). The molecule has 0 saturated heterocycles. The Morgan fingerprint density at radius 3 is 2.64 bits per heavy atom. The van der Waals surface area contributed by atoms with Gasteiger partial charge < -0.3 is 5.32 Å². The average molecular weight is 220 g/mol. The molecule has 1 N–H and O–H groups in total. The van der Waals surface area contributed by atoms with Crippen LogP contribution < -0.4 is 5.32 Å². The van der Waals surface area contributed by atoms with E-state index >= 15 is 0 Å². The zero-order valence-electron chi connectivity index (χ0n) is 7.69. The van der Waals surface area contributed by atoms with Crippen molar-refractivity contribution < 1.29 is 8.78 Å². The van der Waals surface area contributed by atoms with Gasteiger partial charge in [0.25, 0.3) is 0 Å². The van der Waals surface area contributed by atoms with E-state index in [1.54, 1.807) is 0 Å². The van der Waals surface area contributed by atoms with Crippen LogP contribution in [-0.2, 0) is 6.42 Å². The molecule has 1 aromatic carbocycles. The van der Waals surface area contributed by atoms with Gasteiger partial charge in [0.1, 0.15) is 11.6 Å². The Hall–Kier alpha value is -0.670. The van der Waals surface area contributed by atoms with Crippen molar-refractivity contribution in [3.8, 4) is 0 Å². The van der Waals surface area contributed by atoms with Crippen molar-refractivity contribution in [3.05, 3.63) is 35.4 Å². The quantitative estimate of drug-likeness (QED) is 0.592. The second-order valence-corrected chi connectivity index (χ2v) is 3.30. The Kier molecular flexibility index (Phi) is 4.84. The van der Waals surface area contributed by atoms with Crippen LogP contribution in [0.2, 0.25) is 0 Å². The highest BCUT2D eigenvalue weighted by Crippen LogP contribution is 2.09. The summed E-state index contributed by atoms with van der Waals surface area (Å²) >= 11 is 5.45. The molecule has 0 aromatic heterocycles. The summed E-state index contributed by atoms with van der Waals surface area (Å²) in [5.41, 5.74) is 0.522. The van der Waals surface area contributed by atoms with Gasteiger partial charge >= 0.3 is 0 Å². The molecule has 0 aliphatic heterocycles. The van der Waals surface area contributed by atoms with Crippen molar-refractivity contribution in [2.45, 2.75) is 6.42 Å². The van der Waals surface area contributed by atoms with Gasteiger partial charge in [-0.1, -0.05) is 6.07 Å². The number of hydrogen-bond donors (Lipinski definition) is 1. The lowest BCUT2D eigenvalue weighted by Gasteiger charge is -2.04. The Labute approximate surface area is 87.1 Å². The lowest BCUT2D eigenvalue weighted by Crippen LogP contribution is -2.19. The van der Waals surface area contributed by atoms with Gasteiger partial charge in [-0.15, -0.1) is 11.6 Å². The van der Waals surface area contributed by atoms with Crippen molar-refractivity contribution in [2.75, 3.05) is 19.0 Å². The minimum Gasteiger partial charge on any atom is -0.315 e. The minimum atomic E-state index is -0.542. The molecule has 0 atom stereocenters. The topological polar surface area (TPSA) is 12.0 Å². The standard InChI is InChI=1S/C10H12ClF2N/c11-4-6-14-5-3-8-1-2-9(12)7-10(8)13/h1-2,7,14H,3-6H2. The van der Waals surface area contributed by atoms with Gasteiger partial charge in [-0.05, 0) is 24.6 Å². The van der Waals surface area contributed by atoms with Gasteiger partial charge in [0.05, 0.1) is 0 Å². The summed E-state index contributed by atoms with van der Waals surface area (Å²) < 4.78 is 25.6. The molecule has 78 valence electrons. The molecule has 0 heterocycles. The Bertz CT molecular complexity index is 291. The van der Waals surface area contributed by atoms with Crippen LogP contribution >= 0.6 is 11.6 Å². The third-order valence-electron chi connectivity index (χ3n) is 1.86. The van der Waals surface area contributed by atoms with E-state index in [2.05, 4.69) is 5.32 Å². The van der Waals surface area contributed by atoms with Crippen molar-refractivity contribution >= 4 is 11.6 Å². The summed E-state index contributed by atoms with van der Waals surface area (Å²) in [6.45, 7) is 1.35. The Morgan fingerprint density at radius 2 is 2.00 bits per heavy atom.